The van der Waals surface area contributed by atoms with Crippen LogP contribution in [0.15, 0.2) is 52.1 Å². The van der Waals surface area contributed by atoms with E-state index in [1.165, 1.54) is 21.0 Å². The molecule has 0 saturated carbocycles. The van der Waals surface area contributed by atoms with Crippen LogP contribution in [0.5, 0.6) is 0 Å². The van der Waals surface area contributed by atoms with Gasteiger partial charge in [0.1, 0.15) is 12.4 Å². The van der Waals surface area contributed by atoms with Gasteiger partial charge in [0.25, 0.3) is 0 Å². The molecule has 1 saturated heterocycles. The van der Waals surface area contributed by atoms with E-state index in [0.29, 0.717) is 21.2 Å². The lowest BCUT2D eigenvalue weighted by atomic mass is 10.2. The summed E-state index contributed by atoms with van der Waals surface area (Å²) in [6.45, 7) is 0.445. The van der Waals surface area contributed by atoms with E-state index >= 15 is 0 Å². The molecule has 13 heteroatoms. The molecule has 8 nitrogen and oxygen atoms in total. The molecule has 3 heterocycles. The second-order valence-electron chi connectivity index (χ2n) is 7.47. The number of alkyl halides is 3. The standard InChI is InChI=1S/C20H18BrF3N4O4S/c21-15-9-13-3-4-27(12-19(29)30)16(13)10-17(15)33(31,32)28-7-5-26(6-8-28)18-2-1-14(11-25-18)20(22,23)24/h1-4,9-11H,5-8,12H2,(H,29,30). The maximum Gasteiger partial charge on any atom is 0.417 e. The van der Waals surface area contributed by atoms with Crippen molar-refractivity contribution < 1.29 is 31.5 Å². The topological polar surface area (TPSA) is 95.7 Å². The zero-order valence-electron chi connectivity index (χ0n) is 17.0. The maximum absolute atomic E-state index is 13.3. The number of rotatable bonds is 5. The minimum atomic E-state index is -4.48. The van der Waals surface area contributed by atoms with Gasteiger partial charge in [-0.2, -0.15) is 17.5 Å². The normalized spacial score (nSPS) is 15.8. The highest BCUT2D eigenvalue weighted by Gasteiger charge is 2.33. The van der Waals surface area contributed by atoms with Crippen LogP contribution in [0, 0.1) is 0 Å². The molecule has 0 amide bonds. The lowest BCUT2D eigenvalue weighted by Crippen LogP contribution is -2.49. The number of sulfonamides is 1. The smallest absolute Gasteiger partial charge is 0.417 e. The summed E-state index contributed by atoms with van der Waals surface area (Å²) in [7, 11) is -3.91. The number of aliphatic carboxylic acids is 1. The lowest BCUT2D eigenvalue weighted by molar-refractivity contribution is -0.138. The van der Waals surface area contributed by atoms with Crippen LogP contribution in [-0.4, -0.2) is 59.5 Å². The number of carboxylic acids is 1. The van der Waals surface area contributed by atoms with E-state index in [9.17, 15) is 26.4 Å². The Hall–Kier alpha value is -2.64. The number of fused-ring (bicyclic) bond motifs is 1. The third-order valence-corrected chi connectivity index (χ3v) is 8.24. The van der Waals surface area contributed by atoms with Crippen LogP contribution in [-0.2, 0) is 27.5 Å². The molecular formula is C20H18BrF3N4O4S. The molecule has 4 rings (SSSR count). The summed E-state index contributed by atoms with van der Waals surface area (Å²) >= 11 is 3.31. The molecule has 33 heavy (non-hydrogen) atoms. The lowest BCUT2D eigenvalue weighted by Gasteiger charge is -2.34. The average Bonchev–Trinajstić information content (AvgIpc) is 3.13. The van der Waals surface area contributed by atoms with E-state index in [1.54, 1.807) is 23.2 Å². The van der Waals surface area contributed by atoms with E-state index in [1.807, 2.05) is 0 Å². The number of carboxylic acid groups (broad SMARTS) is 1. The molecule has 1 fully saturated rings. The van der Waals surface area contributed by atoms with Crippen LogP contribution in [0.3, 0.4) is 0 Å². The number of hydrogen-bond acceptors (Lipinski definition) is 5. The van der Waals surface area contributed by atoms with E-state index in [0.717, 1.165) is 12.3 Å². The summed E-state index contributed by atoms with van der Waals surface area (Å²) in [4.78, 5) is 16.7. The van der Waals surface area contributed by atoms with Gasteiger partial charge < -0.3 is 14.6 Å². The molecule has 0 radical (unpaired) electrons. The van der Waals surface area contributed by atoms with Crippen molar-refractivity contribution in [1.82, 2.24) is 13.9 Å². The molecule has 0 bridgehead atoms. The number of halogens is 4. The van der Waals surface area contributed by atoms with Gasteiger partial charge in [-0.25, -0.2) is 13.4 Å². The Bertz CT molecular complexity index is 1300. The van der Waals surface area contributed by atoms with Crippen molar-refractivity contribution in [3.05, 3.63) is 52.8 Å². The fourth-order valence-electron chi connectivity index (χ4n) is 3.71. The largest absolute Gasteiger partial charge is 0.480 e. The van der Waals surface area contributed by atoms with E-state index in [-0.39, 0.29) is 37.6 Å². The van der Waals surface area contributed by atoms with Crippen LogP contribution in [0.1, 0.15) is 5.56 Å². The Kier molecular flexibility index (Phi) is 6.14. The van der Waals surface area contributed by atoms with Crippen LogP contribution in [0.2, 0.25) is 0 Å². The Labute approximate surface area is 195 Å². The number of pyridine rings is 1. The highest BCUT2D eigenvalue weighted by Crippen LogP contribution is 2.32. The van der Waals surface area contributed by atoms with Crippen molar-refractivity contribution in [2.75, 3.05) is 31.1 Å². The predicted octanol–water partition coefficient (Wildman–Crippen LogP) is 3.41. The van der Waals surface area contributed by atoms with Crippen LogP contribution in [0.4, 0.5) is 19.0 Å². The second kappa shape index (κ2) is 8.61. The van der Waals surface area contributed by atoms with Crippen molar-refractivity contribution in [2.45, 2.75) is 17.6 Å². The van der Waals surface area contributed by atoms with Gasteiger partial charge in [-0.3, -0.25) is 4.79 Å². The Morgan fingerprint density at radius 1 is 1.12 bits per heavy atom. The van der Waals surface area contributed by atoms with Gasteiger partial charge in [-0.1, -0.05) is 0 Å². The van der Waals surface area contributed by atoms with Crippen molar-refractivity contribution in [3.8, 4) is 0 Å². The molecule has 1 N–H and O–H groups in total. The predicted molar refractivity (Wildman–Crippen MR) is 117 cm³/mol. The summed E-state index contributed by atoms with van der Waals surface area (Å²) in [5.74, 6) is -0.707. The number of aromatic nitrogens is 2. The van der Waals surface area contributed by atoms with Gasteiger partial charge >= 0.3 is 12.1 Å². The monoisotopic (exact) mass is 546 g/mol. The SMILES string of the molecule is O=C(O)Cn1ccc2cc(Br)c(S(=O)(=O)N3CCN(c4ccc(C(F)(F)F)cn4)CC3)cc21. The first kappa shape index (κ1) is 23.5. The molecule has 2 aromatic heterocycles. The van der Waals surface area contributed by atoms with Gasteiger partial charge in [0.05, 0.1) is 10.5 Å². The zero-order valence-corrected chi connectivity index (χ0v) is 19.4. The fourth-order valence-corrected chi connectivity index (χ4v) is 6.17. The molecule has 1 aliphatic rings. The number of carbonyl (C=O) groups is 1. The molecular weight excluding hydrogens is 529 g/mol. The van der Waals surface area contributed by atoms with E-state index in [4.69, 9.17) is 5.11 Å². The van der Waals surface area contributed by atoms with E-state index < -0.39 is 27.7 Å². The number of benzene rings is 1. The Morgan fingerprint density at radius 2 is 1.82 bits per heavy atom. The van der Waals surface area contributed by atoms with Gasteiger partial charge in [-0.05, 0) is 46.3 Å². The third-order valence-electron chi connectivity index (χ3n) is 5.39. The molecule has 1 aliphatic heterocycles. The first-order valence-electron chi connectivity index (χ1n) is 9.75. The summed E-state index contributed by atoms with van der Waals surface area (Å²) in [6, 6.07) is 7.00. The number of piperazine rings is 1. The van der Waals surface area contributed by atoms with Crippen LogP contribution in [0.25, 0.3) is 10.9 Å². The van der Waals surface area contributed by atoms with Crippen molar-refractivity contribution in [1.29, 1.82) is 0 Å². The van der Waals surface area contributed by atoms with Gasteiger partial charge in [-0.15, -0.1) is 0 Å². The minimum Gasteiger partial charge on any atom is -0.480 e. The zero-order chi connectivity index (χ0) is 24.0. The number of anilines is 1. The molecule has 3 aromatic rings. The van der Waals surface area contributed by atoms with Gasteiger partial charge in [0.2, 0.25) is 10.0 Å². The molecule has 0 atom stereocenters. The average molecular weight is 547 g/mol. The first-order chi connectivity index (χ1) is 15.5. The molecule has 1 aromatic carbocycles. The highest BCUT2D eigenvalue weighted by molar-refractivity contribution is 9.10. The number of hydrogen-bond donors (Lipinski definition) is 1. The molecule has 0 unspecified atom stereocenters. The third kappa shape index (κ3) is 4.70. The molecule has 0 aliphatic carbocycles. The summed E-state index contributed by atoms with van der Waals surface area (Å²) in [5.41, 5.74) is -0.368. The van der Waals surface area contributed by atoms with Crippen LogP contribution < -0.4 is 4.90 Å². The summed E-state index contributed by atoms with van der Waals surface area (Å²) in [6.07, 6.45) is -2.13. The first-order valence-corrected chi connectivity index (χ1v) is 12.0. The van der Waals surface area contributed by atoms with Crippen molar-refractivity contribution >= 4 is 48.6 Å². The molecule has 0 spiro atoms. The highest BCUT2D eigenvalue weighted by atomic mass is 79.9. The Balaban J connectivity index is 1.54. The summed E-state index contributed by atoms with van der Waals surface area (Å²) < 4.78 is 68.0. The summed E-state index contributed by atoms with van der Waals surface area (Å²) in [5, 5.41) is 9.78. The maximum atomic E-state index is 13.3. The number of nitrogens with zero attached hydrogens (tertiary/aromatic N) is 4. The van der Waals surface area contributed by atoms with Crippen LogP contribution >= 0.6 is 15.9 Å². The Morgan fingerprint density at radius 3 is 2.39 bits per heavy atom. The second-order valence-corrected chi connectivity index (χ2v) is 10.2. The van der Waals surface area contributed by atoms with Gasteiger partial charge in [0.15, 0.2) is 0 Å². The van der Waals surface area contributed by atoms with Crippen molar-refractivity contribution in [2.24, 2.45) is 0 Å². The van der Waals surface area contributed by atoms with E-state index in [2.05, 4.69) is 20.9 Å². The minimum absolute atomic E-state index is 0.0152. The van der Waals surface area contributed by atoms with Crippen molar-refractivity contribution in [3.63, 3.8) is 0 Å². The fraction of sp³-hybridized carbons (Fsp3) is 0.300. The quantitative estimate of drug-likeness (QED) is 0.526. The van der Waals surface area contributed by atoms with Gasteiger partial charge in [0, 0.05) is 53.9 Å². The molecule has 176 valence electrons.